The Kier molecular flexibility index (Phi) is 6.91. The average molecular weight is 573 g/mol. The van der Waals surface area contributed by atoms with Gasteiger partial charge in [0.25, 0.3) is 0 Å². The highest BCUT2D eigenvalue weighted by molar-refractivity contribution is 6.04. The topological polar surface area (TPSA) is 91.4 Å². The number of carboxylic acids is 1. The predicted octanol–water partition coefficient (Wildman–Crippen LogP) is 6.69. The Morgan fingerprint density at radius 2 is 1.79 bits per heavy atom. The number of rotatable bonds is 6. The quantitative estimate of drug-likeness (QED) is 0.224. The largest absolute Gasteiger partial charge is 0.493 e. The van der Waals surface area contributed by atoms with Crippen molar-refractivity contribution < 1.29 is 19.4 Å². The van der Waals surface area contributed by atoms with Crippen molar-refractivity contribution >= 4 is 27.6 Å². The Morgan fingerprint density at radius 1 is 0.977 bits per heavy atom. The molecule has 0 spiro atoms. The summed E-state index contributed by atoms with van der Waals surface area (Å²) in [7, 11) is 1.93. The van der Waals surface area contributed by atoms with Crippen molar-refractivity contribution in [2.75, 3.05) is 6.61 Å². The molecule has 1 N–H and O–H groups in total. The van der Waals surface area contributed by atoms with Gasteiger partial charge in [0.2, 0.25) is 0 Å². The number of benzene rings is 3. The summed E-state index contributed by atoms with van der Waals surface area (Å²) in [5.41, 5.74) is 7.44. The molecule has 4 heterocycles. The standard InChI is InChI=1S/C35H32N4O4/c1-22-32-28-14-6-13-26-27(15-8-18-43-31-16-5-10-23-9-3-4-12-25(23)31)34(35(40)41)39(33(26)28)19-29-24(11-7-17-36-29)20-42-21-30(32)37-38(22)2/h3-7,9-14,16-17H,8,15,18-21H2,1-2H3,(H,40,41). The monoisotopic (exact) mass is 572 g/mol. The summed E-state index contributed by atoms with van der Waals surface area (Å²) in [5, 5.41) is 18.6. The third-order valence-electron chi connectivity index (χ3n) is 8.43. The van der Waals surface area contributed by atoms with Gasteiger partial charge in [-0.25, -0.2) is 4.79 Å². The van der Waals surface area contributed by atoms with E-state index in [9.17, 15) is 9.90 Å². The molecule has 8 heteroatoms. The molecule has 6 aromatic rings. The third-order valence-corrected chi connectivity index (χ3v) is 8.43. The molecule has 1 aliphatic heterocycles. The number of para-hydroxylation sites is 1. The highest BCUT2D eigenvalue weighted by Gasteiger charge is 2.28. The van der Waals surface area contributed by atoms with Crippen LogP contribution < -0.4 is 4.74 Å². The summed E-state index contributed by atoms with van der Waals surface area (Å²) in [6, 6.07) is 24.2. The predicted molar refractivity (Wildman–Crippen MR) is 165 cm³/mol. The molecular formula is C35H32N4O4. The van der Waals surface area contributed by atoms with E-state index in [1.54, 1.807) is 6.20 Å². The summed E-state index contributed by atoms with van der Waals surface area (Å²) in [6.07, 6.45) is 2.96. The lowest BCUT2D eigenvalue weighted by molar-refractivity contribution is 0.0684. The summed E-state index contributed by atoms with van der Waals surface area (Å²) in [6.45, 7) is 3.52. The number of hydrogen-bond donors (Lipinski definition) is 1. The molecule has 1 aliphatic rings. The van der Waals surface area contributed by atoms with Crippen LogP contribution in [-0.4, -0.2) is 37.0 Å². The Bertz CT molecular complexity index is 2000. The van der Waals surface area contributed by atoms with E-state index >= 15 is 0 Å². The molecule has 0 unspecified atom stereocenters. The van der Waals surface area contributed by atoms with Crippen molar-refractivity contribution in [3.8, 4) is 16.9 Å². The highest BCUT2D eigenvalue weighted by atomic mass is 16.5. The summed E-state index contributed by atoms with van der Waals surface area (Å²) in [4.78, 5) is 17.7. The molecule has 0 saturated carbocycles. The van der Waals surface area contributed by atoms with Crippen LogP contribution >= 0.6 is 0 Å². The SMILES string of the molecule is Cc1c2c(nn1C)COCc1cccnc1Cn1c(C(=O)O)c(CCCOc3cccc4ccccc34)c3cccc-2c31. The molecule has 0 aliphatic carbocycles. The molecule has 3 aromatic carbocycles. The Morgan fingerprint density at radius 3 is 2.67 bits per heavy atom. The van der Waals surface area contributed by atoms with Gasteiger partial charge in [-0.3, -0.25) is 9.67 Å². The van der Waals surface area contributed by atoms with Gasteiger partial charge in [0.1, 0.15) is 11.4 Å². The van der Waals surface area contributed by atoms with Crippen molar-refractivity contribution in [1.29, 1.82) is 0 Å². The normalized spacial score (nSPS) is 13.0. The second kappa shape index (κ2) is 11.0. The van der Waals surface area contributed by atoms with E-state index in [-0.39, 0.29) is 5.69 Å². The Balaban J connectivity index is 1.34. The van der Waals surface area contributed by atoms with Crippen LogP contribution in [0.1, 0.15) is 45.1 Å². The smallest absolute Gasteiger partial charge is 0.352 e. The molecule has 0 atom stereocenters. The highest BCUT2D eigenvalue weighted by Crippen LogP contribution is 2.39. The zero-order valence-electron chi connectivity index (χ0n) is 24.2. The van der Waals surface area contributed by atoms with Crippen molar-refractivity contribution in [2.24, 2.45) is 7.05 Å². The lowest BCUT2D eigenvalue weighted by Gasteiger charge is -2.13. The van der Waals surface area contributed by atoms with E-state index in [1.807, 2.05) is 71.8 Å². The Hall–Kier alpha value is -4.95. The molecule has 216 valence electrons. The van der Waals surface area contributed by atoms with Gasteiger partial charge in [0.05, 0.1) is 43.3 Å². The van der Waals surface area contributed by atoms with Crippen LogP contribution in [0.2, 0.25) is 0 Å². The van der Waals surface area contributed by atoms with Gasteiger partial charge in [0, 0.05) is 46.4 Å². The minimum absolute atomic E-state index is 0.285. The fraction of sp³-hybridized carbons (Fsp3) is 0.229. The lowest BCUT2D eigenvalue weighted by Crippen LogP contribution is -2.14. The van der Waals surface area contributed by atoms with Gasteiger partial charge >= 0.3 is 5.97 Å². The van der Waals surface area contributed by atoms with Crippen molar-refractivity contribution in [1.82, 2.24) is 19.3 Å². The molecule has 7 rings (SSSR count). The number of aryl methyl sites for hydroxylation is 2. The molecule has 0 fully saturated rings. The lowest BCUT2D eigenvalue weighted by atomic mass is 9.98. The van der Waals surface area contributed by atoms with Crippen LogP contribution in [0.3, 0.4) is 0 Å². The van der Waals surface area contributed by atoms with Crippen LogP contribution in [0, 0.1) is 6.92 Å². The summed E-state index contributed by atoms with van der Waals surface area (Å²) in [5.74, 6) is -0.126. The number of pyridine rings is 1. The van der Waals surface area contributed by atoms with E-state index in [2.05, 4.69) is 29.2 Å². The van der Waals surface area contributed by atoms with E-state index < -0.39 is 5.97 Å². The first-order chi connectivity index (χ1) is 21.0. The van der Waals surface area contributed by atoms with Gasteiger partial charge < -0.3 is 19.1 Å². The number of aromatic nitrogens is 4. The van der Waals surface area contributed by atoms with Crippen LogP contribution in [0.5, 0.6) is 5.75 Å². The second-order valence-electron chi connectivity index (χ2n) is 11.0. The molecule has 43 heavy (non-hydrogen) atoms. The van der Waals surface area contributed by atoms with Crippen LogP contribution in [0.4, 0.5) is 0 Å². The molecular weight excluding hydrogens is 540 g/mol. The van der Waals surface area contributed by atoms with Gasteiger partial charge in [0.15, 0.2) is 0 Å². The first-order valence-electron chi connectivity index (χ1n) is 14.5. The number of ether oxygens (including phenoxy) is 2. The van der Waals surface area contributed by atoms with Gasteiger partial charge in [-0.15, -0.1) is 0 Å². The fourth-order valence-electron chi connectivity index (χ4n) is 6.37. The zero-order chi connectivity index (χ0) is 29.5. The molecule has 0 saturated heterocycles. The van der Waals surface area contributed by atoms with Gasteiger partial charge in [-0.05, 0) is 42.8 Å². The van der Waals surface area contributed by atoms with Gasteiger partial charge in [-0.2, -0.15) is 5.10 Å². The van der Waals surface area contributed by atoms with E-state index in [4.69, 9.17) is 14.6 Å². The maximum Gasteiger partial charge on any atom is 0.352 e. The third kappa shape index (κ3) is 4.73. The first kappa shape index (κ1) is 26.9. The maximum absolute atomic E-state index is 13.0. The first-order valence-corrected chi connectivity index (χ1v) is 14.5. The minimum Gasteiger partial charge on any atom is -0.493 e. The number of fused-ring (bicyclic) bond motifs is 4. The molecule has 0 bridgehead atoms. The van der Waals surface area contributed by atoms with Crippen molar-refractivity contribution in [2.45, 2.75) is 39.5 Å². The number of carboxylic acid groups (broad SMARTS) is 1. The maximum atomic E-state index is 13.0. The molecule has 0 amide bonds. The number of hydrogen-bond acceptors (Lipinski definition) is 5. The number of aromatic carboxylic acids is 1. The zero-order valence-corrected chi connectivity index (χ0v) is 24.2. The van der Waals surface area contributed by atoms with Crippen molar-refractivity contribution in [3.63, 3.8) is 0 Å². The van der Waals surface area contributed by atoms with Crippen LogP contribution in [0.25, 0.3) is 32.8 Å². The summed E-state index contributed by atoms with van der Waals surface area (Å²) < 4.78 is 16.2. The molecule has 3 aromatic heterocycles. The van der Waals surface area contributed by atoms with Crippen LogP contribution in [0.15, 0.2) is 79.0 Å². The molecule has 0 radical (unpaired) electrons. The average Bonchev–Trinajstić information content (AvgIpc) is 3.47. The fourth-order valence-corrected chi connectivity index (χ4v) is 6.37. The van der Waals surface area contributed by atoms with E-state index in [0.717, 1.165) is 66.8 Å². The Labute approximate surface area is 249 Å². The van der Waals surface area contributed by atoms with Crippen molar-refractivity contribution in [3.05, 3.63) is 113 Å². The van der Waals surface area contributed by atoms with Crippen LogP contribution in [-0.2, 0) is 38.0 Å². The number of nitrogens with zero attached hydrogens (tertiary/aromatic N) is 4. The second-order valence-corrected chi connectivity index (χ2v) is 11.0. The van der Waals surface area contributed by atoms with Gasteiger partial charge in [-0.1, -0.05) is 60.7 Å². The molecule has 8 nitrogen and oxygen atoms in total. The number of carbonyl (C=O) groups is 1. The minimum atomic E-state index is -0.959. The van der Waals surface area contributed by atoms with E-state index in [1.165, 1.54) is 0 Å². The van der Waals surface area contributed by atoms with E-state index in [0.29, 0.717) is 39.2 Å². The summed E-state index contributed by atoms with van der Waals surface area (Å²) >= 11 is 0.